The lowest BCUT2D eigenvalue weighted by Gasteiger charge is -2.09. The van der Waals surface area contributed by atoms with Crippen LogP contribution in [0.3, 0.4) is 0 Å². The van der Waals surface area contributed by atoms with Crippen LogP contribution < -0.4 is 15.0 Å². The Morgan fingerprint density at radius 3 is 2.50 bits per heavy atom. The van der Waals surface area contributed by atoms with E-state index in [1.165, 1.54) is 6.07 Å². The molecule has 1 heterocycles. The van der Waals surface area contributed by atoms with E-state index in [1.807, 2.05) is 36.4 Å². The molecule has 0 aliphatic heterocycles. The molecule has 100 valence electrons. The normalized spacial score (nSPS) is 10.4. The second-order valence-corrected chi connectivity index (χ2v) is 4.32. The van der Waals surface area contributed by atoms with E-state index in [-0.39, 0.29) is 5.56 Å². The van der Waals surface area contributed by atoms with Gasteiger partial charge in [-0.15, -0.1) is 0 Å². The van der Waals surface area contributed by atoms with Gasteiger partial charge in [-0.25, -0.2) is 0 Å². The zero-order valence-corrected chi connectivity index (χ0v) is 10.9. The topological polar surface area (TPSA) is 51.3 Å². The zero-order valence-electron chi connectivity index (χ0n) is 10.9. The third-order valence-electron chi connectivity index (χ3n) is 2.98. The van der Waals surface area contributed by atoms with Crippen LogP contribution in [0.1, 0.15) is 0 Å². The Balaban J connectivity index is 2.15. The quantitative estimate of drug-likeness (QED) is 0.792. The number of rotatable bonds is 3. The molecule has 0 fully saturated rings. The second-order valence-electron chi connectivity index (χ2n) is 4.32. The van der Waals surface area contributed by atoms with Crippen LogP contribution in [0.25, 0.3) is 10.9 Å². The van der Waals surface area contributed by atoms with Crippen LogP contribution in [0.2, 0.25) is 0 Å². The SMILES string of the molecule is COc1ccc2[nH]c(=O)cc(Oc3ccccc3)c2c1. The Morgan fingerprint density at radius 2 is 1.75 bits per heavy atom. The predicted molar refractivity (Wildman–Crippen MR) is 77.6 cm³/mol. The summed E-state index contributed by atoms with van der Waals surface area (Å²) in [7, 11) is 1.60. The first-order valence-electron chi connectivity index (χ1n) is 6.20. The number of aromatic nitrogens is 1. The van der Waals surface area contributed by atoms with Crippen LogP contribution >= 0.6 is 0 Å². The van der Waals surface area contributed by atoms with Gasteiger partial charge in [0.05, 0.1) is 12.6 Å². The van der Waals surface area contributed by atoms with Crippen molar-refractivity contribution in [1.29, 1.82) is 0 Å². The highest BCUT2D eigenvalue weighted by molar-refractivity contribution is 5.86. The summed E-state index contributed by atoms with van der Waals surface area (Å²) >= 11 is 0. The Hall–Kier alpha value is -2.75. The number of methoxy groups -OCH3 is 1. The molecule has 0 bridgehead atoms. The highest BCUT2D eigenvalue weighted by Crippen LogP contribution is 2.29. The molecule has 4 heteroatoms. The van der Waals surface area contributed by atoms with Crippen molar-refractivity contribution >= 4 is 10.9 Å². The highest BCUT2D eigenvalue weighted by Gasteiger charge is 2.07. The Morgan fingerprint density at radius 1 is 0.950 bits per heavy atom. The molecule has 3 aromatic rings. The minimum absolute atomic E-state index is 0.200. The van der Waals surface area contributed by atoms with E-state index in [1.54, 1.807) is 19.2 Å². The molecule has 0 saturated heterocycles. The van der Waals surface area contributed by atoms with E-state index in [2.05, 4.69) is 4.98 Å². The van der Waals surface area contributed by atoms with E-state index in [0.717, 1.165) is 5.39 Å². The molecule has 0 saturated carbocycles. The molecule has 20 heavy (non-hydrogen) atoms. The number of pyridine rings is 1. The number of fused-ring (bicyclic) bond motifs is 1. The van der Waals surface area contributed by atoms with Crippen molar-refractivity contribution in [2.24, 2.45) is 0 Å². The summed E-state index contributed by atoms with van der Waals surface area (Å²) in [4.78, 5) is 14.5. The third kappa shape index (κ3) is 2.36. The average Bonchev–Trinajstić information content (AvgIpc) is 2.48. The first kappa shape index (κ1) is 12.3. The van der Waals surface area contributed by atoms with Gasteiger partial charge in [0, 0.05) is 11.5 Å². The Bertz CT molecular complexity index is 794. The smallest absolute Gasteiger partial charge is 0.252 e. The van der Waals surface area contributed by atoms with Crippen molar-refractivity contribution in [1.82, 2.24) is 4.98 Å². The fourth-order valence-corrected chi connectivity index (χ4v) is 2.03. The minimum atomic E-state index is -0.200. The van der Waals surface area contributed by atoms with E-state index >= 15 is 0 Å². The molecule has 3 rings (SSSR count). The molecular weight excluding hydrogens is 254 g/mol. The number of H-pyrrole nitrogens is 1. The first-order chi connectivity index (χ1) is 9.76. The molecule has 0 aliphatic carbocycles. The number of ether oxygens (including phenoxy) is 2. The van der Waals surface area contributed by atoms with Crippen molar-refractivity contribution in [3.8, 4) is 17.2 Å². The lowest BCUT2D eigenvalue weighted by molar-refractivity contribution is 0.415. The number of para-hydroxylation sites is 1. The first-order valence-corrected chi connectivity index (χ1v) is 6.20. The molecule has 2 aromatic carbocycles. The average molecular weight is 267 g/mol. The van der Waals surface area contributed by atoms with Gasteiger partial charge in [-0.1, -0.05) is 18.2 Å². The number of hydrogen-bond donors (Lipinski definition) is 1. The van der Waals surface area contributed by atoms with E-state index in [9.17, 15) is 4.79 Å². The van der Waals surface area contributed by atoms with E-state index in [0.29, 0.717) is 22.8 Å². The molecule has 4 nitrogen and oxygen atoms in total. The van der Waals surface area contributed by atoms with Crippen LogP contribution in [-0.2, 0) is 0 Å². The monoisotopic (exact) mass is 267 g/mol. The van der Waals surface area contributed by atoms with Gasteiger partial charge in [-0.2, -0.15) is 0 Å². The maximum Gasteiger partial charge on any atom is 0.252 e. The van der Waals surface area contributed by atoms with Crippen LogP contribution in [0.15, 0.2) is 59.4 Å². The standard InChI is InChI=1S/C16H13NO3/c1-19-12-7-8-14-13(9-12)15(10-16(18)17-14)20-11-5-3-2-4-6-11/h2-10H,1H3,(H,17,18). The van der Waals surface area contributed by atoms with Gasteiger partial charge in [-0.05, 0) is 30.3 Å². The van der Waals surface area contributed by atoms with Crippen LogP contribution in [0.4, 0.5) is 0 Å². The van der Waals surface area contributed by atoms with Gasteiger partial charge in [0.1, 0.15) is 17.2 Å². The molecule has 0 aliphatic rings. The summed E-state index contributed by atoms with van der Waals surface area (Å²) in [6.07, 6.45) is 0. The molecule has 1 N–H and O–H groups in total. The fraction of sp³-hybridized carbons (Fsp3) is 0.0625. The predicted octanol–water partition coefficient (Wildman–Crippen LogP) is 3.33. The molecule has 0 spiro atoms. The lowest BCUT2D eigenvalue weighted by atomic mass is 10.2. The van der Waals surface area contributed by atoms with Crippen molar-refractivity contribution in [3.63, 3.8) is 0 Å². The van der Waals surface area contributed by atoms with Crippen LogP contribution in [0.5, 0.6) is 17.2 Å². The Labute approximate surface area is 115 Å². The second kappa shape index (κ2) is 5.09. The largest absolute Gasteiger partial charge is 0.497 e. The van der Waals surface area contributed by atoms with Crippen LogP contribution in [0, 0.1) is 0 Å². The van der Waals surface area contributed by atoms with Gasteiger partial charge in [0.15, 0.2) is 0 Å². The third-order valence-corrected chi connectivity index (χ3v) is 2.98. The molecule has 0 unspecified atom stereocenters. The minimum Gasteiger partial charge on any atom is -0.497 e. The van der Waals surface area contributed by atoms with Gasteiger partial charge >= 0.3 is 0 Å². The maximum atomic E-state index is 11.7. The van der Waals surface area contributed by atoms with Crippen LogP contribution in [-0.4, -0.2) is 12.1 Å². The van der Waals surface area contributed by atoms with E-state index in [4.69, 9.17) is 9.47 Å². The zero-order chi connectivity index (χ0) is 13.9. The van der Waals surface area contributed by atoms with Gasteiger partial charge < -0.3 is 14.5 Å². The number of hydrogen-bond acceptors (Lipinski definition) is 3. The van der Waals surface area contributed by atoms with Crippen molar-refractivity contribution in [2.75, 3.05) is 7.11 Å². The molecule has 0 radical (unpaired) electrons. The number of nitrogens with one attached hydrogen (secondary N) is 1. The Kier molecular flexibility index (Phi) is 3.13. The summed E-state index contributed by atoms with van der Waals surface area (Å²) in [5.41, 5.74) is 0.512. The summed E-state index contributed by atoms with van der Waals surface area (Å²) in [5.74, 6) is 1.90. The van der Waals surface area contributed by atoms with Gasteiger partial charge in [0.2, 0.25) is 0 Å². The molecule has 0 amide bonds. The summed E-state index contributed by atoms with van der Waals surface area (Å²) in [5, 5.41) is 0.799. The summed E-state index contributed by atoms with van der Waals surface area (Å²) in [6, 6.07) is 16.2. The van der Waals surface area contributed by atoms with Gasteiger partial charge in [-0.3, -0.25) is 4.79 Å². The van der Waals surface area contributed by atoms with Gasteiger partial charge in [0.25, 0.3) is 5.56 Å². The number of aromatic amines is 1. The molecule has 0 atom stereocenters. The van der Waals surface area contributed by atoms with E-state index < -0.39 is 0 Å². The lowest BCUT2D eigenvalue weighted by Crippen LogP contribution is -2.04. The van der Waals surface area contributed by atoms with Crippen molar-refractivity contribution < 1.29 is 9.47 Å². The summed E-state index contributed by atoms with van der Waals surface area (Å²) < 4.78 is 11.0. The molecule has 1 aromatic heterocycles. The fourth-order valence-electron chi connectivity index (χ4n) is 2.03. The number of benzene rings is 2. The van der Waals surface area contributed by atoms with Crippen molar-refractivity contribution in [3.05, 3.63) is 65.0 Å². The highest BCUT2D eigenvalue weighted by atomic mass is 16.5. The maximum absolute atomic E-state index is 11.7. The summed E-state index contributed by atoms with van der Waals surface area (Å²) in [6.45, 7) is 0. The molecular formula is C16H13NO3. The van der Waals surface area contributed by atoms with Crippen molar-refractivity contribution in [2.45, 2.75) is 0 Å².